The summed E-state index contributed by atoms with van der Waals surface area (Å²) in [6.07, 6.45) is 1.88. The Morgan fingerprint density at radius 3 is 2.75 bits per heavy atom. The lowest BCUT2D eigenvalue weighted by atomic mass is 10.2. The molecule has 0 N–H and O–H groups in total. The molecule has 5 nitrogen and oxygen atoms in total. The highest BCUT2D eigenvalue weighted by Crippen LogP contribution is 2.34. The SMILES string of the molecule is CCOC(=O)CCN1C(=O)C(=Cc2ccccc2OC)SC1=S.Cl. The number of carbonyl (C=O) groups excluding carboxylic acids is 2. The molecule has 1 fully saturated rings. The number of halogens is 1. The molecule has 0 aromatic heterocycles. The average molecular weight is 388 g/mol. The monoisotopic (exact) mass is 387 g/mol. The van der Waals surface area contributed by atoms with Gasteiger partial charge in [-0.3, -0.25) is 14.5 Å². The number of thioether (sulfide) groups is 1. The Morgan fingerprint density at radius 1 is 1.38 bits per heavy atom. The molecule has 1 heterocycles. The van der Waals surface area contributed by atoms with E-state index in [9.17, 15) is 9.59 Å². The molecule has 130 valence electrons. The van der Waals surface area contributed by atoms with Crippen molar-refractivity contribution in [1.82, 2.24) is 4.90 Å². The fourth-order valence-corrected chi connectivity index (χ4v) is 3.36. The Bertz CT molecular complexity index is 663. The zero-order chi connectivity index (χ0) is 16.8. The number of esters is 1. The van der Waals surface area contributed by atoms with E-state index in [2.05, 4.69) is 0 Å². The first kappa shape index (κ1) is 20.5. The molecule has 1 aliphatic heterocycles. The molecule has 0 saturated carbocycles. The molecule has 24 heavy (non-hydrogen) atoms. The summed E-state index contributed by atoms with van der Waals surface area (Å²) < 4.78 is 10.6. The maximum absolute atomic E-state index is 12.4. The first-order chi connectivity index (χ1) is 11.1. The molecule has 2 rings (SSSR count). The number of rotatable bonds is 6. The summed E-state index contributed by atoms with van der Waals surface area (Å²) in [5.74, 6) is 0.148. The van der Waals surface area contributed by atoms with Crippen molar-refractivity contribution < 1.29 is 19.1 Å². The Kier molecular flexibility index (Phi) is 8.24. The van der Waals surface area contributed by atoms with Gasteiger partial charge in [0.05, 0.1) is 25.0 Å². The van der Waals surface area contributed by atoms with E-state index >= 15 is 0 Å². The third-order valence-corrected chi connectivity index (χ3v) is 4.52. The first-order valence-electron chi connectivity index (χ1n) is 7.10. The highest BCUT2D eigenvalue weighted by atomic mass is 35.5. The van der Waals surface area contributed by atoms with Gasteiger partial charge in [0.15, 0.2) is 0 Å². The summed E-state index contributed by atoms with van der Waals surface area (Å²) in [6, 6.07) is 7.42. The van der Waals surface area contributed by atoms with Crippen LogP contribution in [0, 0.1) is 0 Å². The molecule has 1 aromatic rings. The number of amides is 1. The third kappa shape index (κ3) is 4.96. The van der Waals surface area contributed by atoms with Crippen LogP contribution in [0.2, 0.25) is 0 Å². The van der Waals surface area contributed by atoms with Crippen LogP contribution in [0.25, 0.3) is 6.08 Å². The van der Waals surface area contributed by atoms with Gasteiger partial charge in [0, 0.05) is 12.1 Å². The molecule has 0 bridgehead atoms. The summed E-state index contributed by atoms with van der Waals surface area (Å²) in [5, 5.41) is 0. The maximum Gasteiger partial charge on any atom is 0.307 e. The molecular formula is C16H18ClNO4S2. The van der Waals surface area contributed by atoms with Crippen molar-refractivity contribution in [2.75, 3.05) is 20.3 Å². The number of hydrogen-bond donors (Lipinski definition) is 0. The zero-order valence-corrected chi connectivity index (χ0v) is 15.8. The van der Waals surface area contributed by atoms with Gasteiger partial charge < -0.3 is 9.47 Å². The van der Waals surface area contributed by atoms with E-state index < -0.39 is 0 Å². The lowest BCUT2D eigenvalue weighted by molar-refractivity contribution is -0.143. The van der Waals surface area contributed by atoms with E-state index in [4.69, 9.17) is 21.7 Å². The number of para-hydroxylation sites is 1. The molecule has 0 unspecified atom stereocenters. The minimum absolute atomic E-state index is 0. The predicted octanol–water partition coefficient (Wildman–Crippen LogP) is 3.27. The van der Waals surface area contributed by atoms with Crippen LogP contribution < -0.4 is 4.74 Å². The molecule has 1 amide bonds. The standard InChI is InChI=1S/C16H17NO4S2.ClH/c1-3-21-14(18)8-9-17-15(19)13(23-16(17)22)10-11-6-4-5-7-12(11)20-2;/h4-7,10H,3,8-9H2,1-2H3;1H. The van der Waals surface area contributed by atoms with Gasteiger partial charge in [-0.25, -0.2) is 0 Å². The highest BCUT2D eigenvalue weighted by Gasteiger charge is 2.32. The number of nitrogens with zero attached hydrogens (tertiary/aromatic N) is 1. The molecule has 1 saturated heterocycles. The Morgan fingerprint density at radius 2 is 2.08 bits per heavy atom. The Labute approximate surface area is 156 Å². The van der Waals surface area contributed by atoms with Crippen LogP contribution in [0.1, 0.15) is 18.9 Å². The predicted molar refractivity (Wildman–Crippen MR) is 101 cm³/mol. The molecule has 1 aliphatic rings. The number of methoxy groups -OCH3 is 1. The van der Waals surface area contributed by atoms with Crippen molar-refractivity contribution in [2.24, 2.45) is 0 Å². The normalized spacial score (nSPS) is 15.4. The number of benzene rings is 1. The lowest BCUT2D eigenvalue weighted by Crippen LogP contribution is -2.30. The summed E-state index contributed by atoms with van der Waals surface area (Å²) in [4.78, 5) is 25.8. The first-order valence-corrected chi connectivity index (χ1v) is 8.33. The fourth-order valence-electron chi connectivity index (χ4n) is 2.06. The van der Waals surface area contributed by atoms with Crippen molar-refractivity contribution >= 4 is 58.7 Å². The number of ether oxygens (including phenoxy) is 2. The van der Waals surface area contributed by atoms with E-state index in [-0.39, 0.29) is 37.2 Å². The largest absolute Gasteiger partial charge is 0.496 e. The van der Waals surface area contributed by atoms with Crippen molar-refractivity contribution in [2.45, 2.75) is 13.3 Å². The van der Waals surface area contributed by atoms with E-state index in [1.54, 1.807) is 20.1 Å². The van der Waals surface area contributed by atoms with Gasteiger partial charge >= 0.3 is 5.97 Å². The van der Waals surface area contributed by atoms with Gasteiger partial charge in [-0.2, -0.15) is 0 Å². The van der Waals surface area contributed by atoms with E-state index in [1.807, 2.05) is 24.3 Å². The Hall–Kier alpha value is -1.57. The van der Waals surface area contributed by atoms with E-state index in [1.165, 1.54) is 16.7 Å². The summed E-state index contributed by atoms with van der Waals surface area (Å²) >= 11 is 6.45. The van der Waals surface area contributed by atoms with Gasteiger partial charge in [0.2, 0.25) is 0 Å². The second-order valence-electron chi connectivity index (χ2n) is 4.63. The maximum atomic E-state index is 12.4. The quantitative estimate of drug-likeness (QED) is 0.424. The van der Waals surface area contributed by atoms with Crippen molar-refractivity contribution in [1.29, 1.82) is 0 Å². The van der Waals surface area contributed by atoms with Crippen LogP contribution in [0.15, 0.2) is 29.2 Å². The van der Waals surface area contributed by atoms with E-state index in [0.717, 1.165) is 5.56 Å². The highest BCUT2D eigenvalue weighted by molar-refractivity contribution is 8.26. The van der Waals surface area contributed by atoms with Crippen LogP contribution in [-0.4, -0.2) is 41.4 Å². The second-order valence-corrected chi connectivity index (χ2v) is 6.31. The minimum atomic E-state index is -0.338. The fraction of sp³-hybridized carbons (Fsp3) is 0.312. The zero-order valence-electron chi connectivity index (χ0n) is 13.3. The van der Waals surface area contributed by atoms with Crippen molar-refractivity contribution in [3.63, 3.8) is 0 Å². The number of thiocarbonyl (C=S) groups is 1. The van der Waals surface area contributed by atoms with Gasteiger partial charge in [-0.05, 0) is 19.1 Å². The van der Waals surface area contributed by atoms with Crippen LogP contribution in [-0.2, 0) is 14.3 Å². The van der Waals surface area contributed by atoms with Crippen molar-refractivity contribution in [3.8, 4) is 5.75 Å². The van der Waals surface area contributed by atoms with Gasteiger partial charge in [-0.1, -0.05) is 42.2 Å². The smallest absolute Gasteiger partial charge is 0.307 e. The van der Waals surface area contributed by atoms with Gasteiger partial charge in [-0.15, -0.1) is 12.4 Å². The van der Waals surface area contributed by atoms with Gasteiger partial charge in [0.25, 0.3) is 5.91 Å². The van der Waals surface area contributed by atoms with E-state index in [0.29, 0.717) is 21.6 Å². The molecule has 0 radical (unpaired) electrons. The summed E-state index contributed by atoms with van der Waals surface area (Å²) in [6.45, 7) is 2.30. The molecule has 1 aromatic carbocycles. The molecule has 0 atom stereocenters. The molecule has 0 aliphatic carbocycles. The topological polar surface area (TPSA) is 55.8 Å². The van der Waals surface area contributed by atoms with Crippen LogP contribution in [0.5, 0.6) is 5.75 Å². The second kappa shape index (κ2) is 9.66. The van der Waals surface area contributed by atoms with Crippen LogP contribution in [0.4, 0.5) is 0 Å². The Balaban J connectivity index is 0.00000288. The minimum Gasteiger partial charge on any atom is -0.496 e. The number of hydrogen-bond acceptors (Lipinski definition) is 6. The van der Waals surface area contributed by atoms with Crippen LogP contribution >= 0.6 is 36.4 Å². The molecule has 8 heteroatoms. The van der Waals surface area contributed by atoms with Crippen LogP contribution in [0.3, 0.4) is 0 Å². The van der Waals surface area contributed by atoms with Crippen molar-refractivity contribution in [3.05, 3.63) is 34.7 Å². The molecule has 0 spiro atoms. The number of carbonyl (C=O) groups is 2. The lowest BCUT2D eigenvalue weighted by Gasteiger charge is -2.13. The molecular weight excluding hydrogens is 370 g/mol. The summed E-state index contributed by atoms with van der Waals surface area (Å²) in [5.41, 5.74) is 0.806. The van der Waals surface area contributed by atoms with Gasteiger partial charge in [0.1, 0.15) is 10.1 Å². The summed E-state index contributed by atoms with van der Waals surface area (Å²) in [7, 11) is 1.58. The third-order valence-electron chi connectivity index (χ3n) is 3.14. The average Bonchev–Trinajstić information content (AvgIpc) is 2.80.